The highest BCUT2D eigenvalue weighted by atomic mass is 16.5. The van der Waals surface area contributed by atoms with Gasteiger partial charge in [0.2, 0.25) is 11.7 Å². The van der Waals surface area contributed by atoms with Crippen molar-refractivity contribution in [2.24, 2.45) is 13.0 Å². The molecule has 1 atom stereocenters. The lowest BCUT2D eigenvalue weighted by Crippen LogP contribution is -2.27. The minimum absolute atomic E-state index is 0.0944. The van der Waals surface area contributed by atoms with Gasteiger partial charge in [-0.2, -0.15) is 0 Å². The fourth-order valence-electron chi connectivity index (χ4n) is 3.14. The summed E-state index contributed by atoms with van der Waals surface area (Å²) < 4.78 is 12.3. The monoisotopic (exact) mass is 358 g/mol. The van der Waals surface area contributed by atoms with E-state index in [1.807, 2.05) is 25.5 Å². The Balaban J connectivity index is 1.54. The quantitative estimate of drug-likeness (QED) is 0.583. The number of esters is 1. The topological polar surface area (TPSA) is 81.8 Å². The first kappa shape index (κ1) is 18.0. The number of amides is 1. The number of aryl methyl sites for hydroxylation is 1. The van der Waals surface area contributed by atoms with Gasteiger partial charge in [0.1, 0.15) is 5.76 Å². The second-order valence-corrected chi connectivity index (χ2v) is 6.63. The molecule has 0 bridgehead atoms. The van der Waals surface area contributed by atoms with Crippen molar-refractivity contribution in [1.29, 1.82) is 0 Å². The Morgan fingerprint density at radius 1 is 1.35 bits per heavy atom. The van der Waals surface area contributed by atoms with Crippen LogP contribution in [0.25, 0.3) is 0 Å². The van der Waals surface area contributed by atoms with E-state index in [9.17, 15) is 14.4 Å². The number of rotatable bonds is 6. The summed E-state index contributed by atoms with van der Waals surface area (Å²) in [6.45, 7) is 4.05. The number of aromatic nitrogens is 1. The molecule has 3 rings (SSSR count). The average Bonchev–Trinajstić information content (AvgIpc) is 3.31. The molecule has 0 unspecified atom stereocenters. The molecular formula is C19H22N2O5. The molecule has 0 aromatic carbocycles. The van der Waals surface area contributed by atoms with Gasteiger partial charge in [0.15, 0.2) is 6.61 Å². The zero-order chi connectivity index (χ0) is 18.8. The molecule has 0 radical (unpaired) electrons. The number of ether oxygens (including phenoxy) is 1. The van der Waals surface area contributed by atoms with Crippen molar-refractivity contribution in [3.05, 3.63) is 47.2 Å². The van der Waals surface area contributed by atoms with E-state index >= 15 is 0 Å². The third-order valence-corrected chi connectivity index (χ3v) is 4.90. The first-order valence-corrected chi connectivity index (χ1v) is 8.49. The van der Waals surface area contributed by atoms with E-state index in [1.54, 1.807) is 29.4 Å². The van der Waals surface area contributed by atoms with E-state index in [1.165, 1.54) is 0 Å². The van der Waals surface area contributed by atoms with Gasteiger partial charge in [-0.3, -0.25) is 14.4 Å². The number of furan rings is 1. The number of carbonyl (C=O) groups is 3. The molecule has 1 aliphatic heterocycles. The van der Waals surface area contributed by atoms with Gasteiger partial charge < -0.3 is 18.6 Å². The van der Waals surface area contributed by atoms with Crippen LogP contribution in [0.3, 0.4) is 0 Å². The Kier molecular flexibility index (Phi) is 4.97. The molecular weight excluding hydrogens is 336 g/mol. The predicted molar refractivity (Wildman–Crippen MR) is 92.4 cm³/mol. The first-order valence-electron chi connectivity index (χ1n) is 8.49. The smallest absolute Gasteiger partial charge is 0.311 e. The normalized spacial score (nSPS) is 17.0. The van der Waals surface area contributed by atoms with Crippen LogP contribution in [-0.4, -0.2) is 40.3 Å². The number of Topliss-reactive ketones (excluding diaryl/α,β-unsaturated/α-hetero) is 1. The number of nitrogens with zero attached hydrogens (tertiary/aromatic N) is 2. The highest BCUT2D eigenvalue weighted by Gasteiger charge is 2.36. The van der Waals surface area contributed by atoms with E-state index in [0.717, 1.165) is 11.4 Å². The van der Waals surface area contributed by atoms with Crippen LogP contribution < -0.4 is 0 Å². The van der Waals surface area contributed by atoms with Crippen molar-refractivity contribution in [3.63, 3.8) is 0 Å². The molecule has 0 N–H and O–H groups in total. The highest BCUT2D eigenvalue weighted by molar-refractivity contribution is 5.99. The van der Waals surface area contributed by atoms with Gasteiger partial charge in [-0.15, -0.1) is 0 Å². The van der Waals surface area contributed by atoms with Crippen molar-refractivity contribution < 1.29 is 23.5 Å². The summed E-state index contributed by atoms with van der Waals surface area (Å²) in [5.74, 6) is -0.763. The summed E-state index contributed by atoms with van der Waals surface area (Å²) in [7, 11) is 1.88. The zero-order valence-corrected chi connectivity index (χ0v) is 15.2. The minimum atomic E-state index is -0.552. The molecule has 1 fully saturated rings. The second-order valence-electron chi connectivity index (χ2n) is 6.63. The molecule has 0 saturated carbocycles. The SMILES string of the molecule is Cc1cc(C(=O)COC(=O)[C@@H]2CC(=O)N(Cc3ccco3)C2)c(C)n1C. The van der Waals surface area contributed by atoms with E-state index in [2.05, 4.69) is 0 Å². The molecule has 2 aromatic heterocycles. The van der Waals surface area contributed by atoms with E-state index in [0.29, 0.717) is 17.9 Å². The van der Waals surface area contributed by atoms with Crippen molar-refractivity contribution in [1.82, 2.24) is 9.47 Å². The largest absolute Gasteiger partial charge is 0.467 e. The maximum absolute atomic E-state index is 12.3. The number of hydrogen-bond acceptors (Lipinski definition) is 5. The molecule has 138 valence electrons. The number of hydrogen-bond donors (Lipinski definition) is 0. The fourth-order valence-corrected chi connectivity index (χ4v) is 3.14. The minimum Gasteiger partial charge on any atom is -0.467 e. The van der Waals surface area contributed by atoms with Gasteiger partial charge in [-0.25, -0.2) is 0 Å². The Morgan fingerprint density at radius 2 is 2.12 bits per heavy atom. The van der Waals surface area contributed by atoms with Crippen LogP contribution in [0, 0.1) is 19.8 Å². The highest BCUT2D eigenvalue weighted by Crippen LogP contribution is 2.22. The van der Waals surface area contributed by atoms with Crippen LogP contribution in [0.1, 0.15) is 33.9 Å². The molecule has 0 aliphatic carbocycles. The summed E-state index contributed by atoms with van der Waals surface area (Å²) >= 11 is 0. The molecule has 7 heteroatoms. The Bertz CT molecular complexity index is 834. The molecule has 7 nitrogen and oxygen atoms in total. The Hall–Kier alpha value is -2.83. The molecule has 26 heavy (non-hydrogen) atoms. The lowest BCUT2D eigenvalue weighted by molar-refractivity contribution is -0.147. The lowest BCUT2D eigenvalue weighted by atomic mass is 10.1. The molecule has 0 spiro atoms. The number of ketones is 1. The van der Waals surface area contributed by atoms with Gasteiger partial charge in [-0.05, 0) is 32.0 Å². The standard InChI is InChI=1S/C19H22N2O5/c1-12-7-16(13(2)20(12)3)17(22)11-26-19(24)14-8-18(23)21(9-14)10-15-5-4-6-25-15/h4-7,14H,8-11H2,1-3H3/t14-/m1/s1. The van der Waals surface area contributed by atoms with Crippen molar-refractivity contribution >= 4 is 17.7 Å². The fraction of sp³-hybridized carbons (Fsp3) is 0.421. The molecule has 2 aromatic rings. The van der Waals surface area contributed by atoms with Crippen LogP contribution in [-0.2, 0) is 27.9 Å². The van der Waals surface area contributed by atoms with Gasteiger partial charge in [0.25, 0.3) is 0 Å². The molecule has 1 saturated heterocycles. The van der Waals surface area contributed by atoms with Crippen molar-refractivity contribution in [2.75, 3.05) is 13.2 Å². The van der Waals surface area contributed by atoms with Gasteiger partial charge in [0.05, 0.1) is 18.7 Å². The summed E-state index contributed by atoms with van der Waals surface area (Å²) in [6.07, 6.45) is 1.64. The maximum Gasteiger partial charge on any atom is 0.311 e. The second kappa shape index (κ2) is 7.19. The molecule has 1 aliphatic rings. The predicted octanol–water partition coefficient (Wildman–Crippen LogP) is 2.01. The third-order valence-electron chi connectivity index (χ3n) is 4.90. The van der Waals surface area contributed by atoms with E-state index < -0.39 is 11.9 Å². The van der Waals surface area contributed by atoms with Crippen molar-refractivity contribution in [2.45, 2.75) is 26.8 Å². The third kappa shape index (κ3) is 3.56. The van der Waals surface area contributed by atoms with E-state index in [4.69, 9.17) is 9.15 Å². The lowest BCUT2D eigenvalue weighted by Gasteiger charge is -2.14. The average molecular weight is 358 g/mol. The summed E-state index contributed by atoms with van der Waals surface area (Å²) in [4.78, 5) is 38.2. The maximum atomic E-state index is 12.3. The Morgan fingerprint density at radius 3 is 2.73 bits per heavy atom. The van der Waals surface area contributed by atoms with Gasteiger partial charge in [-0.1, -0.05) is 0 Å². The molecule has 3 heterocycles. The summed E-state index contributed by atoms with van der Waals surface area (Å²) in [5.41, 5.74) is 2.36. The first-order chi connectivity index (χ1) is 12.4. The van der Waals surface area contributed by atoms with Crippen LogP contribution in [0.5, 0.6) is 0 Å². The van der Waals surface area contributed by atoms with Crippen LogP contribution in [0.4, 0.5) is 0 Å². The van der Waals surface area contributed by atoms with Crippen molar-refractivity contribution in [3.8, 4) is 0 Å². The number of carbonyl (C=O) groups excluding carboxylic acids is 3. The van der Waals surface area contributed by atoms with Crippen LogP contribution in [0.15, 0.2) is 28.9 Å². The Labute approximate surface area is 151 Å². The zero-order valence-electron chi connectivity index (χ0n) is 15.2. The van der Waals surface area contributed by atoms with Gasteiger partial charge >= 0.3 is 5.97 Å². The summed E-state index contributed by atoms with van der Waals surface area (Å²) in [5, 5.41) is 0. The number of likely N-dealkylation sites (tertiary alicyclic amines) is 1. The van der Waals surface area contributed by atoms with E-state index in [-0.39, 0.29) is 31.3 Å². The summed E-state index contributed by atoms with van der Waals surface area (Å²) in [6, 6.07) is 5.32. The molecule has 1 amide bonds. The van der Waals surface area contributed by atoms with Crippen LogP contribution >= 0.6 is 0 Å². The van der Waals surface area contributed by atoms with Crippen LogP contribution in [0.2, 0.25) is 0 Å². The van der Waals surface area contributed by atoms with Gasteiger partial charge in [0, 0.05) is 37.0 Å².